The van der Waals surface area contributed by atoms with Gasteiger partial charge in [-0.3, -0.25) is 14.9 Å². The van der Waals surface area contributed by atoms with E-state index in [1.165, 1.54) is 34.1 Å². The maximum absolute atomic E-state index is 13.6. The number of fused-ring (bicyclic) bond motifs is 1. The monoisotopic (exact) mass is 350 g/mol. The van der Waals surface area contributed by atoms with Crippen LogP contribution in [0.25, 0.3) is 10.9 Å². The Morgan fingerprint density at radius 2 is 2.04 bits per heavy atom. The smallest absolute Gasteiger partial charge is 0.429 e. The summed E-state index contributed by atoms with van der Waals surface area (Å²) in [5, 5.41) is 1.73. The average molecular weight is 350 g/mol. The van der Waals surface area contributed by atoms with Crippen molar-refractivity contribution in [2.24, 2.45) is 5.84 Å². The zero-order valence-electron chi connectivity index (χ0n) is 14.8. The second-order valence-electron chi connectivity index (χ2n) is 6.63. The molecule has 0 aliphatic rings. The van der Waals surface area contributed by atoms with Gasteiger partial charge < -0.3 is 4.74 Å². The third-order valence-electron chi connectivity index (χ3n) is 3.42. The van der Waals surface area contributed by atoms with Gasteiger partial charge in [0.1, 0.15) is 11.4 Å². The van der Waals surface area contributed by atoms with Crippen molar-refractivity contribution in [2.45, 2.75) is 39.7 Å². The normalized spacial score (nSPS) is 11.4. The molecule has 2 amide bonds. The first-order valence-electron chi connectivity index (χ1n) is 8.00. The number of carbonyl (C=O) groups is 2. The van der Waals surface area contributed by atoms with Crippen LogP contribution in [0.2, 0.25) is 0 Å². The van der Waals surface area contributed by atoms with Crippen LogP contribution in [-0.4, -0.2) is 28.8 Å². The van der Waals surface area contributed by atoms with Crippen molar-refractivity contribution >= 4 is 22.9 Å². The van der Waals surface area contributed by atoms with Crippen molar-refractivity contribution in [2.75, 3.05) is 11.6 Å². The Hall–Kier alpha value is -2.61. The summed E-state index contributed by atoms with van der Waals surface area (Å²) in [6.45, 7) is 7.58. The lowest BCUT2D eigenvalue weighted by molar-refractivity contribution is 0.0540. The fourth-order valence-electron chi connectivity index (χ4n) is 2.46. The molecule has 0 aliphatic carbocycles. The highest BCUT2D eigenvalue weighted by atomic mass is 19.1. The summed E-state index contributed by atoms with van der Waals surface area (Å²) in [4.78, 5) is 24.6. The number of nitrogen functional groups attached to an aromatic ring is 1. The summed E-state index contributed by atoms with van der Waals surface area (Å²) in [7, 11) is 0. The van der Waals surface area contributed by atoms with Crippen molar-refractivity contribution in [3.8, 4) is 0 Å². The van der Waals surface area contributed by atoms with Crippen LogP contribution in [0.15, 0.2) is 24.4 Å². The van der Waals surface area contributed by atoms with Crippen LogP contribution in [-0.2, 0) is 4.74 Å². The number of rotatable bonds is 4. The number of aromatic nitrogens is 1. The van der Waals surface area contributed by atoms with Crippen molar-refractivity contribution in [3.63, 3.8) is 0 Å². The highest BCUT2D eigenvalue weighted by molar-refractivity contribution is 6.07. The minimum atomic E-state index is -0.671. The van der Waals surface area contributed by atoms with Crippen LogP contribution in [0.1, 0.15) is 44.5 Å². The molecule has 0 radical (unpaired) electrons. The number of nitrogens with one attached hydrogen (secondary N) is 1. The molecule has 0 atom stereocenters. The van der Waals surface area contributed by atoms with Gasteiger partial charge in [0.2, 0.25) is 0 Å². The largest absolute Gasteiger partial charge is 0.442 e. The summed E-state index contributed by atoms with van der Waals surface area (Å²) < 4.78 is 20.6. The fourth-order valence-corrected chi connectivity index (χ4v) is 2.46. The van der Waals surface area contributed by atoms with Crippen molar-refractivity contribution in [1.29, 1.82) is 0 Å². The van der Waals surface area contributed by atoms with Crippen molar-refractivity contribution < 1.29 is 18.7 Å². The highest BCUT2D eigenvalue weighted by Crippen LogP contribution is 2.24. The Morgan fingerprint density at radius 3 is 2.60 bits per heavy atom. The van der Waals surface area contributed by atoms with E-state index in [1.807, 2.05) is 12.3 Å². The Bertz CT molecular complexity index is 795. The molecule has 0 unspecified atom stereocenters. The number of benzene rings is 1. The number of halogens is 1. The number of hydrogen-bond donors (Lipinski definition) is 2. The molecule has 0 saturated heterocycles. The van der Waals surface area contributed by atoms with Crippen LogP contribution < -0.4 is 16.3 Å². The molecule has 3 N–H and O–H groups in total. The molecule has 2 aromatic rings. The highest BCUT2D eigenvalue weighted by Gasteiger charge is 2.26. The first-order valence-corrected chi connectivity index (χ1v) is 8.00. The summed E-state index contributed by atoms with van der Waals surface area (Å²) >= 11 is 0. The molecule has 136 valence electrons. The van der Waals surface area contributed by atoms with Gasteiger partial charge in [0.05, 0.1) is 11.1 Å². The molecule has 0 aliphatic heterocycles. The van der Waals surface area contributed by atoms with Crippen molar-refractivity contribution in [3.05, 3.63) is 35.8 Å². The zero-order chi connectivity index (χ0) is 18.8. The third kappa shape index (κ3) is 4.08. The lowest BCUT2D eigenvalue weighted by atomic mass is 10.1. The maximum Gasteiger partial charge on any atom is 0.429 e. The molecule has 0 spiro atoms. The summed E-state index contributed by atoms with van der Waals surface area (Å²) in [5.74, 6) is 4.15. The van der Waals surface area contributed by atoms with Gasteiger partial charge in [0.15, 0.2) is 0 Å². The van der Waals surface area contributed by atoms with E-state index >= 15 is 0 Å². The minimum Gasteiger partial charge on any atom is -0.442 e. The van der Waals surface area contributed by atoms with E-state index in [9.17, 15) is 14.0 Å². The number of hydrogen-bond acceptors (Lipinski definition) is 4. The van der Waals surface area contributed by atoms with Crippen LogP contribution >= 0.6 is 0 Å². The Morgan fingerprint density at radius 1 is 1.36 bits per heavy atom. The summed E-state index contributed by atoms with van der Waals surface area (Å²) in [5.41, 5.74) is 2.03. The fraction of sp³-hybridized carbons (Fsp3) is 0.412. The van der Waals surface area contributed by atoms with Gasteiger partial charge in [-0.2, -0.15) is 0 Å². The van der Waals surface area contributed by atoms with Gasteiger partial charge in [-0.05, 0) is 45.4 Å². The molecule has 0 fully saturated rings. The Labute approximate surface area is 145 Å². The molecule has 0 saturated carbocycles. The molecular weight excluding hydrogens is 327 g/mol. The molecule has 2 rings (SSSR count). The molecule has 7 nitrogen and oxygen atoms in total. The third-order valence-corrected chi connectivity index (χ3v) is 3.42. The van der Waals surface area contributed by atoms with Gasteiger partial charge >= 0.3 is 6.09 Å². The van der Waals surface area contributed by atoms with Gasteiger partial charge in [-0.25, -0.2) is 20.0 Å². The summed E-state index contributed by atoms with van der Waals surface area (Å²) in [6, 6.07) is 4.00. The zero-order valence-corrected chi connectivity index (χ0v) is 14.8. The van der Waals surface area contributed by atoms with Crippen LogP contribution in [0.4, 0.5) is 9.18 Å². The number of hydrazine groups is 1. The Balaban J connectivity index is 2.59. The topological polar surface area (TPSA) is 89.6 Å². The molecule has 0 bridgehead atoms. The van der Waals surface area contributed by atoms with E-state index in [0.717, 1.165) is 0 Å². The van der Waals surface area contributed by atoms with E-state index in [2.05, 4.69) is 0 Å². The number of nitrogens with two attached hydrogens (primary N) is 1. The lowest BCUT2D eigenvalue weighted by Gasteiger charge is -2.28. The van der Waals surface area contributed by atoms with Gasteiger partial charge in [0, 0.05) is 18.1 Å². The van der Waals surface area contributed by atoms with Gasteiger partial charge in [-0.1, -0.05) is 6.92 Å². The van der Waals surface area contributed by atoms with E-state index in [0.29, 0.717) is 23.9 Å². The number of ether oxygens (including phenoxy) is 1. The summed E-state index contributed by atoms with van der Waals surface area (Å²) in [6.07, 6.45) is 1.56. The first-order chi connectivity index (χ1) is 11.7. The first kappa shape index (κ1) is 18.7. The standard InChI is InChI=1S/C17H23FN4O3/c1-5-8-21(16(24)25-17(2,3)4)22-10-13(15(23)20-19)12-9-11(18)6-7-14(12)22/h6-7,9-10H,5,8,19H2,1-4H3,(H,20,23). The van der Waals surface area contributed by atoms with E-state index in [4.69, 9.17) is 10.6 Å². The van der Waals surface area contributed by atoms with E-state index in [1.54, 1.807) is 20.8 Å². The minimum absolute atomic E-state index is 0.168. The quantitative estimate of drug-likeness (QED) is 0.504. The molecule has 1 aromatic carbocycles. The van der Waals surface area contributed by atoms with Crippen LogP contribution in [0, 0.1) is 5.82 Å². The van der Waals surface area contributed by atoms with Gasteiger partial charge in [0.25, 0.3) is 5.91 Å². The Kier molecular flexibility index (Phi) is 5.32. The van der Waals surface area contributed by atoms with E-state index < -0.39 is 23.4 Å². The lowest BCUT2D eigenvalue weighted by Crippen LogP contribution is -2.44. The van der Waals surface area contributed by atoms with E-state index in [-0.39, 0.29) is 5.56 Å². The number of carbonyl (C=O) groups excluding carboxylic acids is 2. The SMILES string of the molecule is CCCN(C(=O)OC(C)(C)C)n1cc(C(=O)NN)c2cc(F)ccc21. The van der Waals surface area contributed by atoms with Crippen molar-refractivity contribution in [1.82, 2.24) is 10.1 Å². The second kappa shape index (κ2) is 7.10. The second-order valence-corrected chi connectivity index (χ2v) is 6.63. The number of amides is 2. The van der Waals surface area contributed by atoms with Crippen LogP contribution in [0.5, 0.6) is 0 Å². The maximum atomic E-state index is 13.6. The predicted molar refractivity (Wildman–Crippen MR) is 93.2 cm³/mol. The van der Waals surface area contributed by atoms with Crippen LogP contribution in [0.3, 0.4) is 0 Å². The molecule has 8 heteroatoms. The predicted octanol–water partition coefficient (Wildman–Crippen LogP) is 2.67. The van der Waals surface area contributed by atoms with Gasteiger partial charge in [-0.15, -0.1) is 0 Å². The molecule has 25 heavy (non-hydrogen) atoms. The number of nitrogens with zero attached hydrogens (tertiary/aromatic N) is 2. The average Bonchev–Trinajstić information content (AvgIpc) is 2.88. The molecular formula is C17H23FN4O3. The molecule has 1 heterocycles. The molecule has 1 aromatic heterocycles.